The van der Waals surface area contributed by atoms with Gasteiger partial charge < -0.3 is 5.32 Å². The summed E-state index contributed by atoms with van der Waals surface area (Å²) in [6, 6.07) is 2.42. The first-order chi connectivity index (χ1) is 9.24. The van der Waals surface area contributed by atoms with Crippen LogP contribution >= 0.6 is 0 Å². The largest absolute Gasteiger partial charge is 0.314 e. The Bertz CT molecular complexity index is 278. The third-order valence-corrected chi connectivity index (χ3v) is 5.68. The fourth-order valence-corrected chi connectivity index (χ4v) is 4.34. The average Bonchev–Trinajstić information content (AvgIpc) is 3.11. The average molecular weight is 265 g/mol. The zero-order chi connectivity index (χ0) is 13.2. The van der Waals surface area contributed by atoms with Crippen molar-refractivity contribution in [3.8, 4) is 0 Å². The molecule has 0 aromatic carbocycles. The van der Waals surface area contributed by atoms with Crippen molar-refractivity contribution in [3.05, 3.63) is 0 Å². The van der Waals surface area contributed by atoms with E-state index in [9.17, 15) is 0 Å². The van der Waals surface area contributed by atoms with Gasteiger partial charge in [-0.2, -0.15) is 0 Å². The van der Waals surface area contributed by atoms with Crippen LogP contribution in [0.5, 0.6) is 0 Å². The van der Waals surface area contributed by atoms with Gasteiger partial charge in [0, 0.05) is 31.2 Å². The Morgan fingerprint density at radius 3 is 2.37 bits per heavy atom. The molecule has 3 heterocycles. The summed E-state index contributed by atoms with van der Waals surface area (Å²) >= 11 is 0. The summed E-state index contributed by atoms with van der Waals surface area (Å²) in [6.45, 7) is 11.2. The number of nitrogens with zero attached hydrogens (tertiary/aromatic N) is 2. The summed E-state index contributed by atoms with van der Waals surface area (Å²) in [5.74, 6) is 0.960. The van der Waals surface area contributed by atoms with Gasteiger partial charge in [-0.05, 0) is 71.5 Å². The predicted molar refractivity (Wildman–Crippen MR) is 80.4 cm³/mol. The molecule has 0 aliphatic carbocycles. The van der Waals surface area contributed by atoms with E-state index in [1.165, 1.54) is 64.8 Å². The van der Waals surface area contributed by atoms with Crippen LogP contribution in [0.4, 0.5) is 0 Å². The maximum Gasteiger partial charge on any atom is 0.0235 e. The van der Waals surface area contributed by atoms with Gasteiger partial charge in [0.15, 0.2) is 0 Å². The Balaban J connectivity index is 1.45. The third-order valence-electron chi connectivity index (χ3n) is 5.68. The molecular formula is C16H31N3. The molecule has 3 saturated heterocycles. The highest BCUT2D eigenvalue weighted by Gasteiger charge is 2.33. The van der Waals surface area contributed by atoms with Gasteiger partial charge >= 0.3 is 0 Å². The fourth-order valence-electron chi connectivity index (χ4n) is 4.34. The van der Waals surface area contributed by atoms with Gasteiger partial charge in [0.05, 0.1) is 0 Å². The molecule has 3 aliphatic rings. The van der Waals surface area contributed by atoms with Crippen LogP contribution in [0.25, 0.3) is 0 Å². The lowest BCUT2D eigenvalue weighted by Gasteiger charge is -2.38. The van der Waals surface area contributed by atoms with Crippen molar-refractivity contribution in [2.45, 2.75) is 64.1 Å². The number of rotatable bonds is 3. The van der Waals surface area contributed by atoms with Crippen molar-refractivity contribution >= 4 is 0 Å². The van der Waals surface area contributed by atoms with Crippen LogP contribution in [-0.2, 0) is 0 Å². The zero-order valence-electron chi connectivity index (χ0n) is 12.8. The van der Waals surface area contributed by atoms with Crippen molar-refractivity contribution in [1.82, 2.24) is 15.1 Å². The molecule has 3 nitrogen and oxygen atoms in total. The minimum atomic E-state index is 0.727. The maximum atomic E-state index is 3.71. The number of nitrogens with one attached hydrogen (secondary N) is 1. The van der Waals surface area contributed by atoms with E-state index in [1.54, 1.807) is 0 Å². The lowest BCUT2D eigenvalue weighted by molar-refractivity contribution is 0.117. The lowest BCUT2D eigenvalue weighted by atomic mass is 9.88. The molecule has 0 saturated carbocycles. The quantitative estimate of drug-likeness (QED) is 0.841. The van der Waals surface area contributed by atoms with Crippen molar-refractivity contribution in [2.24, 2.45) is 5.92 Å². The second-order valence-electron chi connectivity index (χ2n) is 7.11. The summed E-state index contributed by atoms with van der Waals surface area (Å²) < 4.78 is 0. The molecule has 0 aromatic rings. The SMILES string of the molecule is CC(C)N1CCC(N2CCC(C3CCCN3)CC2)C1. The molecule has 3 rings (SSSR count). The first-order valence-electron chi connectivity index (χ1n) is 8.45. The van der Waals surface area contributed by atoms with Crippen LogP contribution in [0.1, 0.15) is 46.0 Å². The van der Waals surface area contributed by atoms with Gasteiger partial charge in [-0.1, -0.05) is 0 Å². The zero-order valence-corrected chi connectivity index (χ0v) is 12.8. The second kappa shape index (κ2) is 6.11. The van der Waals surface area contributed by atoms with Crippen LogP contribution < -0.4 is 5.32 Å². The van der Waals surface area contributed by atoms with Crippen LogP contribution in [-0.4, -0.2) is 60.6 Å². The van der Waals surface area contributed by atoms with E-state index in [4.69, 9.17) is 0 Å². The van der Waals surface area contributed by atoms with E-state index in [1.807, 2.05) is 0 Å². The molecule has 110 valence electrons. The second-order valence-corrected chi connectivity index (χ2v) is 7.11. The molecule has 3 heteroatoms. The molecule has 1 N–H and O–H groups in total. The van der Waals surface area contributed by atoms with E-state index >= 15 is 0 Å². The van der Waals surface area contributed by atoms with Crippen LogP contribution in [0.15, 0.2) is 0 Å². The smallest absolute Gasteiger partial charge is 0.0235 e. The Morgan fingerprint density at radius 2 is 1.79 bits per heavy atom. The van der Waals surface area contributed by atoms with Crippen molar-refractivity contribution in [3.63, 3.8) is 0 Å². The Labute approximate surface area is 118 Å². The van der Waals surface area contributed by atoms with Gasteiger partial charge in [0.25, 0.3) is 0 Å². The van der Waals surface area contributed by atoms with Crippen LogP contribution in [0.3, 0.4) is 0 Å². The van der Waals surface area contributed by atoms with Gasteiger partial charge in [-0.15, -0.1) is 0 Å². The predicted octanol–water partition coefficient (Wildman–Crippen LogP) is 1.93. The molecule has 3 aliphatic heterocycles. The molecule has 3 fully saturated rings. The summed E-state index contributed by atoms with van der Waals surface area (Å²) in [5, 5.41) is 3.71. The summed E-state index contributed by atoms with van der Waals surface area (Å²) in [4.78, 5) is 5.43. The van der Waals surface area contributed by atoms with Crippen molar-refractivity contribution < 1.29 is 0 Å². The molecule has 0 amide bonds. The number of hydrogen-bond acceptors (Lipinski definition) is 3. The van der Waals surface area contributed by atoms with Crippen LogP contribution in [0.2, 0.25) is 0 Å². The summed E-state index contributed by atoms with van der Waals surface area (Å²) in [5.41, 5.74) is 0. The number of likely N-dealkylation sites (tertiary alicyclic amines) is 2. The molecule has 2 atom stereocenters. The first kappa shape index (κ1) is 13.8. The molecule has 2 unspecified atom stereocenters. The van der Waals surface area contributed by atoms with E-state index in [0.717, 1.165) is 24.0 Å². The Hall–Kier alpha value is -0.120. The van der Waals surface area contributed by atoms with Crippen molar-refractivity contribution in [2.75, 3.05) is 32.7 Å². The molecule has 0 bridgehead atoms. The first-order valence-corrected chi connectivity index (χ1v) is 8.45. The molecule has 0 radical (unpaired) electrons. The summed E-state index contributed by atoms with van der Waals surface area (Å²) in [7, 11) is 0. The topological polar surface area (TPSA) is 18.5 Å². The summed E-state index contributed by atoms with van der Waals surface area (Å²) in [6.07, 6.45) is 7.07. The van der Waals surface area contributed by atoms with Crippen molar-refractivity contribution in [1.29, 1.82) is 0 Å². The number of piperidine rings is 1. The molecule has 0 aromatic heterocycles. The third kappa shape index (κ3) is 3.14. The Kier molecular flexibility index (Phi) is 4.45. The maximum absolute atomic E-state index is 3.71. The van der Waals surface area contributed by atoms with E-state index in [0.29, 0.717) is 0 Å². The highest BCUT2D eigenvalue weighted by molar-refractivity contribution is 4.90. The van der Waals surface area contributed by atoms with Gasteiger partial charge in [-0.25, -0.2) is 0 Å². The van der Waals surface area contributed by atoms with E-state index < -0.39 is 0 Å². The van der Waals surface area contributed by atoms with Gasteiger partial charge in [0.1, 0.15) is 0 Å². The minimum Gasteiger partial charge on any atom is -0.314 e. The number of hydrogen-bond donors (Lipinski definition) is 1. The molecular weight excluding hydrogens is 234 g/mol. The normalized spacial score (nSPS) is 35.5. The van der Waals surface area contributed by atoms with Gasteiger partial charge in [-0.3, -0.25) is 9.80 Å². The fraction of sp³-hybridized carbons (Fsp3) is 1.00. The lowest BCUT2D eigenvalue weighted by Crippen LogP contribution is -2.46. The minimum absolute atomic E-state index is 0.727. The standard InChI is InChI=1S/C16H31N3/c1-13(2)19-11-7-15(12-19)18-9-5-14(6-10-18)16-4-3-8-17-16/h13-17H,3-12H2,1-2H3. The highest BCUT2D eigenvalue weighted by atomic mass is 15.3. The van der Waals surface area contributed by atoms with E-state index in [-0.39, 0.29) is 0 Å². The van der Waals surface area contributed by atoms with Gasteiger partial charge in [0.2, 0.25) is 0 Å². The molecule has 19 heavy (non-hydrogen) atoms. The highest BCUT2D eigenvalue weighted by Crippen LogP contribution is 2.28. The van der Waals surface area contributed by atoms with Crippen LogP contribution in [0, 0.1) is 5.92 Å². The van der Waals surface area contributed by atoms with E-state index in [2.05, 4.69) is 29.0 Å². The monoisotopic (exact) mass is 265 g/mol. The Morgan fingerprint density at radius 1 is 1.00 bits per heavy atom. The molecule has 0 spiro atoms.